The molecule has 1 aromatic heterocycles. The summed E-state index contributed by atoms with van der Waals surface area (Å²) in [6.07, 6.45) is 3.06. The Kier molecular flexibility index (Phi) is 3.14. The number of aromatic nitrogens is 1. The van der Waals surface area contributed by atoms with Gasteiger partial charge in [0.25, 0.3) is 0 Å². The van der Waals surface area contributed by atoms with Crippen LogP contribution in [0.2, 0.25) is 0 Å². The fourth-order valence-electron chi connectivity index (χ4n) is 2.34. The Morgan fingerprint density at radius 1 is 1.44 bits per heavy atom. The number of thiazole rings is 1. The predicted octanol–water partition coefficient (Wildman–Crippen LogP) is 3.24. The van der Waals surface area contributed by atoms with Crippen molar-refractivity contribution in [3.05, 3.63) is 51.2 Å². The lowest BCUT2D eigenvalue weighted by Crippen LogP contribution is -2.06. The molecule has 18 heavy (non-hydrogen) atoms. The van der Waals surface area contributed by atoms with E-state index in [1.54, 1.807) is 17.4 Å². The van der Waals surface area contributed by atoms with Crippen molar-refractivity contribution >= 4 is 11.3 Å². The van der Waals surface area contributed by atoms with Gasteiger partial charge < -0.3 is 5.11 Å². The number of aryl methyl sites for hydroxylation is 1. The number of hydrogen-bond acceptors (Lipinski definition) is 3. The van der Waals surface area contributed by atoms with Crippen molar-refractivity contribution in [2.45, 2.75) is 31.8 Å². The molecule has 0 spiro atoms. The third-order valence-electron chi connectivity index (χ3n) is 3.21. The molecule has 0 aliphatic heterocycles. The van der Waals surface area contributed by atoms with E-state index in [0.717, 1.165) is 40.4 Å². The summed E-state index contributed by atoms with van der Waals surface area (Å²) in [5.41, 5.74) is 1.96. The molecule has 0 fully saturated rings. The zero-order valence-electron chi connectivity index (χ0n) is 9.90. The second kappa shape index (κ2) is 4.78. The zero-order chi connectivity index (χ0) is 12.5. The molecule has 1 N–H and O–H groups in total. The van der Waals surface area contributed by atoms with Gasteiger partial charge in [-0.25, -0.2) is 9.37 Å². The summed E-state index contributed by atoms with van der Waals surface area (Å²) in [6.45, 7) is 0. The first-order valence-electron chi connectivity index (χ1n) is 6.13. The summed E-state index contributed by atoms with van der Waals surface area (Å²) >= 11 is 1.56. The van der Waals surface area contributed by atoms with Crippen LogP contribution in [0.1, 0.15) is 40.1 Å². The van der Waals surface area contributed by atoms with Gasteiger partial charge in [-0.2, -0.15) is 0 Å². The summed E-state index contributed by atoms with van der Waals surface area (Å²) in [5, 5.41) is 10.9. The Labute approximate surface area is 109 Å². The van der Waals surface area contributed by atoms with Crippen molar-refractivity contribution in [2.24, 2.45) is 0 Å². The molecular formula is C14H14FNOS. The SMILES string of the molecule is OC1CCCc2nc(Cc3cccc(F)c3)sc21. The molecule has 2 aromatic rings. The van der Waals surface area contributed by atoms with Gasteiger partial charge >= 0.3 is 0 Å². The minimum Gasteiger partial charge on any atom is -0.388 e. The molecule has 0 amide bonds. The van der Waals surface area contributed by atoms with Gasteiger partial charge in [0.2, 0.25) is 0 Å². The van der Waals surface area contributed by atoms with Crippen LogP contribution in [0.3, 0.4) is 0 Å². The smallest absolute Gasteiger partial charge is 0.123 e. The fourth-order valence-corrected chi connectivity index (χ4v) is 3.51. The van der Waals surface area contributed by atoms with Crippen molar-refractivity contribution in [1.29, 1.82) is 0 Å². The van der Waals surface area contributed by atoms with Crippen molar-refractivity contribution in [2.75, 3.05) is 0 Å². The first-order valence-corrected chi connectivity index (χ1v) is 6.95. The average molecular weight is 263 g/mol. The highest BCUT2D eigenvalue weighted by molar-refractivity contribution is 7.11. The minimum absolute atomic E-state index is 0.214. The monoisotopic (exact) mass is 263 g/mol. The first-order chi connectivity index (χ1) is 8.72. The molecule has 0 saturated heterocycles. The quantitative estimate of drug-likeness (QED) is 0.902. The van der Waals surface area contributed by atoms with Gasteiger partial charge in [0.15, 0.2) is 0 Å². The number of halogens is 1. The summed E-state index contributed by atoms with van der Waals surface area (Å²) in [6, 6.07) is 6.60. The van der Waals surface area contributed by atoms with E-state index in [1.165, 1.54) is 12.1 Å². The number of aliphatic hydroxyl groups excluding tert-OH is 1. The van der Waals surface area contributed by atoms with E-state index in [0.29, 0.717) is 6.42 Å². The maximum atomic E-state index is 13.1. The fraction of sp³-hybridized carbons (Fsp3) is 0.357. The van der Waals surface area contributed by atoms with Gasteiger partial charge in [-0.15, -0.1) is 11.3 Å². The number of benzene rings is 1. The number of aliphatic hydroxyl groups is 1. The van der Waals surface area contributed by atoms with Crippen molar-refractivity contribution in [1.82, 2.24) is 4.98 Å². The Hall–Kier alpha value is -1.26. The average Bonchev–Trinajstić information content (AvgIpc) is 2.73. The lowest BCUT2D eigenvalue weighted by Gasteiger charge is -2.14. The highest BCUT2D eigenvalue weighted by atomic mass is 32.1. The van der Waals surface area contributed by atoms with Gasteiger partial charge in [0.05, 0.1) is 21.7 Å². The van der Waals surface area contributed by atoms with Crippen molar-refractivity contribution in [3.8, 4) is 0 Å². The number of nitrogens with zero attached hydrogens (tertiary/aromatic N) is 1. The van der Waals surface area contributed by atoms with Crippen LogP contribution < -0.4 is 0 Å². The van der Waals surface area contributed by atoms with Crippen LogP contribution in [0.5, 0.6) is 0 Å². The highest BCUT2D eigenvalue weighted by Gasteiger charge is 2.22. The van der Waals surface area contributed by atoms with E-state index in [1.807, 2.05) is 6.07 Å². The largest absolute Gasteiger partial charge is 0.388 e. The molecule has 1 aliphatic carbocycles. The van der Waals surface area contributed by atoms with Crippen LogP contribution in [-0.2, 0) is 12.8 Å². The second-order valence-corrected chi connectivity index (χ2v) is 5.75. The summed E-state index contributed by atoms with van der Waals surface area (Å²) in [5.74, 6) is -0.214. The van der Waals surface area contributed by atoms with Gasteiger partial charge in [-0.3, -0.25) is 0 Å². The first kappa shape index (κ1) is 11.8. The Bertz CT molecular complexity index is 567. The molecule has 1 heterocycles. The van der Waals surface area contributed by atoms with Crippen LogP contribution in [0, 0.1) is 5.82 Å². The molecule has 0 radical (unpaired) electrons. The molecule has 3 rings (SSSR count). The molecule has 1 aliphatic rings. The number of hydrogen-bond donors (Lipinski definition) is 1. The van der Waals surface area contributed by atoms with Crippen LogP contribution in [0.15, 0.2) is 24.3 Å². The summed E-state index contributed by atoms with van der Waals surface area (Å²) < 4.78 is 13.1. The number of rotatable bonds is 2. The van der Waals surface area contributed by atoms with E-state index < -0.39 is 0 Å². The number of fused-ring (bicyclic) bond motifs is 1. The standard InChI is InChI=1S/C14H14FNOS/c15-10-4-1-3-9(7-10)8-13-16-11-5-2-6-12(17)14(11)18-13/h1,3-4,7,12,17H,2,5-6,8H2. The normalized spacial score (nSPS) is 18.7. The predicted molar refractivity (Wildman–Crippen MR) is 69.2 cm³/mol. The topological polar surface area (TPSA) is 33.1 Å². The maximum absolute atomic E-state index is 13.1. The Morgan fingerprint density at radius 3 is 3.11 bits per heavy atom. The molecular weight excluding hydrogens is 249 g/mol. The second-order valence-electron chi connectivity index (χ2n) is 4.63. The molecule has 0 saturated carbocycles. The molecule has 4 heteroatoms. The third-order valence-corrected chi connectivity index (χ3v) is 4.41. The molecule has 1 atom stereocenters. The Morgan fingerprint density at radius 2 is 2.33 bits per heavy atom. The van der Waals surface area contributed by atoms with Gasteiger partial charge in [0, 0.05) is 6.42 Å². The van der Waals surface area contributed by atoms with Gasteiger partial charge in [0.1, 0.15) is 5.82 Å². The lowest BCUT2D eigenvalue weighted by molar-refractivity contribution is 0.160. The van der Waals surface area contributed by atoms with Crippen LogP contribution in [0.4, 0.5) is 4.39 Å². The summed E-state index contributed by atoms with van der Waals surface area (Å²) in [4.78, 5) is 5.57. The van der Waals surface area contributed by atoms with E-state index in [-0.39, 0.29) is 11.9 Å². The van der Waals surface area contributed by atoms with Crippen LogP contribution in [-0.4, -0.2) is 10.1 Å². The van der Waals surface area contributed by atoms with Crippen LogP contribution in [0.25, 0.3) is 0 Å². The summed E-state index contributed by atoms with van der Waals surface area (Å²) in [7, 11) is 0. The van der Waals surface area contributed by atoms with Crippen LogP contribution >= 0.6 is 11.3 Å². The Balaban J connectivity index is 1.85. The third kappa shape index (κ3) is 2.31. The molecule has 1 unspecified atom stereocenters. The maximum Gasteiger partial charge on any atom is 0.123 e. The zero-order valence-corrected chi connectivity index (χ0v) is 10.7. The lowest BCUT2D eigenvalue weighted by atomic mass is 10.0. The minimum atomic E-state index is -0.354. The van der Waals surface area contributed by atoms with E-state index in [2.05, 4.69) is 4.98 Å². The van der Waals surface area contributed by atoms with E-state index in [9.17, 15) is 9.50 Å². The van der Waals surface area contributed by atoms with Crippen molar-refractivity contribution in [3.63, 3.8) is 0 Å². The molecule has 1 aromatic carbocycles. The molecule has 2 nitrogen and oxygen atoms in total. The molecule has 94 valence electrons. The van der Waals surface area contributed by atoms with Crippen molar-refractivity contribution < 1.29 is 9.50 Å². The highest BCUT2D eigenvalue weighted by Crippen LogP contribution is 2.34. The van der Waals surface area contributed by atoms with Gasteiger partial charge in [-0.05, 0) is 37.0 Å². The van der Waals surface area contributed by atoms with E-state index >= 15 is 0 Å². The van der Waals surface area contributed by atoms with E-state index in [4.69, 9.17) is 0 Å². The molecule has 0 bridgehead atoms. The van der Waals surface area contributed by atoms with Gasteiger partial charge in [-0.1, -0.05) is 12.1 Å².